The van der Waals surface area contributed by atoms with Crippen LogP contribution in [0.3, 0.4) is 0 Å². The molecule has 0 saturated carbocycles. The first-order valence-electron chi connectivity index (χ1n) is 5.58. The number of carboxylic acid groups (broad SMARTS) is 1. The molecule has 1 N–H and O–H groups in total. The molecule has 0 spiro atoms. The Morgan fingerprint density at radius 1 is 1.26 bits per heavy atom. The SMILES string of the molecule is O=C(O)c1cnc(CCOc2ccccc2Cl)nc1. The number of para-hydroxylation sites is 1. The highest BCUT2D eigenvalue weighted by Gasteiger charge is 2.05. The van der Waals surface area contributed by atoms with Crippen molar-refractivity contribution in [3.05, 3.63) is 53.1 Å². The Balaban J connectivity index is 1.89. The normalized spacial score (nSPS) is 10.2. The second-order valence-electron chi connectivity index (χ2n) is 3.72. The lowest BCUT2D eigenvalue weighted by atomic mass is 10.3. The van der Waals surface area contributed by atoms with Crippen molar-refractivity contribution in [1.29, 1.82) is 0 Å². The summed E-state index contributed by atoms with van der Waals surface area (Å²) >= 11 is 5.94. The van der Waals surface area contributed by atoms with Crippen LogP contribution in [-0.2, 0) is 6.42 Å². The first-order chi connectivity index (χ1) is 9.16. The molecule has 0 radical (unpaired) electrons. The van der Waals surface area contributed by atoms with Crippen molar-refractivity contribution in [1.82, 2.24) is 9.97 Å². The van der Waals surface area contributed by atoms with Gasteiger partial charge in [0.2, 0.25) is 0 Å². The quantitative estimate of drug-likeness (QED) is 0.909. The predicted molar refractivity (Wildman–Crippen MR) is 69.6 cm³/mol. The summed E-state index contributed by atoms with van der Waals surface area (Å²) in [5.41, 5.74) is 0.0655. The number of nitrogens with zero attached hydrogens (tertiary/aromatic N) is 2. The number of rotatable bonds is 5. The number of benzene rings is 1. The average molecular weight is 279 g/mol. The van der Waals surface area contributed by atoms with Gasteiger partial charge in [-0.1, -0.05) is 23.7 Å². The molecular formula is C13H11ClN2O3. The summed E-state index contributed by atoms with van der Waals surface area (Å²) < 4.78 is 5.49. The van der Waals surface area contributed by atoms with Crippen molar-refractivity contribution in [3.63, 3.8) is 0 Å². The van der Waals surface area contributed by atoms with Crippen molar-refractivity contribution in [2.75, 3.05) is 6.61 Å². The first kappa shape index (κ1) is 13.3. The molecule has 19 heavy (non-hydrogen) atoms. The zero-order valence-electron chi connectivity index (χ0n) is 9.91. The summed E-state index contributed by atoms with van der Waals surface area (Å²) in [7, 11) is 0. The van der Waals surface area contributed by atoms with Gasteiger partial charge >= 0.3 is 5.97 Å². The highest BCUT2D eigenvalue weighted by Crippen LogP contribution is 2.22. The van der Waals surface area contributed by atoms with E-state index in [0.29, 0.717) is 29.6 Å². The third-order valence-corrected chi connectivity index (χ3v) is 2.68. The van der Waals surface area contributed by atoms with Crippen LogP contribution in [0.15, 0.2) is 36.7 Å². The van der Waals surface area contributed by atoms with Crippen LogP contribution in [0.4, 0.5) is 0 Å². The van der Waals surface area contributed by atoms with Crippen LogP contribution in [0.1, 0.15) is 16.2 Å². The van der Waals surface area contributed by atoms with Gasteiger partial charge < -0.3 is 9.84 Å². The summed E-state index contributed by atoms with van der Waals surface area (Å²) in [4.78, 5) is 18.5. The molecule has 0 saturated heterocycles. The second-order valence-corrected chi connectivity index (χ2v) is 4.13. The van der Waals surface area contributed by atoms with E-state index in [1.165, 1.54) is 12.4 Å². The van der Waals surface area contributed by atoms with Crippen molar-refractivity contribution >= 4 is 17.6 Å². The zero-order valence-corrected chi connectivity index (χ0v) is 10.7. The zero-order chi connectivity index (χ0) is 13.7. The Hall–Kier alpha value is -2.14. The standard InChI is InChI=1S/C13H11ClN2O3/c14-10-3-1-2-4-11(10)19-6-5-12-15-7-9(8-16-12)13(17)18/h1-4,7-8H,5-6H2,(H,17,18). The molecule has 1 aromatic heterocycles. The fourth-order valence-electron chi connectivity index (χ4n) is 1.41. The molecule has 0 aliphatic heterocycles. The Morgan fingerprint density at radius 3 is 2.58 bits per heavy atom. The molecule has 1 heterocycles. The van der Waals surface area contributed by atoms with E-state index in [0.717, 1.165) is 0 Å². The molecule has 0 atom stereocenters. The van der Waals surface area contributed by atoms with E-state index >= 15 is 0 Å². The second kappa shape index (κ2) is 6.15. The predicted octanol–water partition coefficient (Wildman–Crippen LogP) is 2.45. The van der Waals surface area contributed by atoms with E-state index in [1.807, 2.05) is 12.1 Å². The molecule has 5 nitrogen and oxygen atoms in total. The van der Waals surface area contributed by atoms with Gasteiger partial charge in [-0.05, 0) is 12.1 Å². The van der Waals surface area contributed by atoms with Crippen LogP contribution < -0.4 is 4.74 Å². The number of aromatic nitrogens is 2. The molecule has 0 bridgehead atoms. The lowest BCUT2D eigenvalue weighted by molar-refractivity contribution is 0.0696. The van der Waals surface area contributed by atoms with Crippen LogP contribution in [0.2, 0.25) is 5.02 Å². The van der Waals surface area contributed by atoms with E-state index < -0.39 is 5.97 Å². The van der Waals surface area contributed by atoms with Gasteiger partial charge in [-0.3, -0.25) is 0 Å². The third-order valence-electron chi connectivity index (χ3n) is 2.37. The van der Waals surface area contributed by atoms with Crippen molar-refractivity contribution in [3.8, 4) is 5.75 Å². The smallest absolute Gasteiger partial charge is 0.338 e. The Bertz CT molecular complexity index is 572. The van der Waals surface area contributed by atoms with Crippen molar-refractivity contribution < 1.29 is 14.6 Å². The fraction of sp³-hybridized carbons (Fsp3) is 0.154. The molecular weight excluding hydrogens is 268 g/mol. The summed E-state index contributed by atoms with van der Waals surface area (Å²) in [5, 5.41) is 9.26. The molecule has 0 aliphatic carbocycles. The van der Waals surface area contributed by atoms with Crippen LogP contribution in [0, 0.1) is 0 Å². The average Bonchev–Trinajstić information content (AvgIpc) is 2.41. The molecule has 0 amide bonds. The molecule has 0 fully saturated rings. The van der Waals surface area contributed by atoms with Gasteiger partial charge in [0.25, 0.3) is 0 Å². The van der Waals surface area contributed by atoms with Gasteiger partial charge in [0.05, 0.1) is 17.2 Å². The van der Waals surface area contributed by atoms with Crippen LogP contribution in [0.25, 0.3) is 0 Å². The summed E-state index contributed by atoms with van der Waals surface area (Å²) in [6.45, 7) is 0.371. The fourth-order valence-corrected chi connectivity index (χ4v) is 1.60. The largest absolute Gasteiger partial charge is 0.492 e. The number of ether oxygens (including phenoxy) is 1. The number of carboxylic acids is 1. The van der Waals surface area contributed by atoms with E-state index in [1.54, 1.807) is 12.1 Å². The molecule has 2 aromatic rings. The van der Waals surface area contributed by atoms with Gasteiger partial charge in [0, 0.05) is 18.8 Å². The van der Waals surface area contributed by atoms with E-state index in [9.17, 15) is 4.79 Å². The minimum atomic E-state index is -1.04. The maximum absolute atomic E-state index is 10.6. The molecule has 1 aromatic carbocycles. The van der Waals surface area contributed by atoms with E-state index in [-0.39, 0.29) is 5.56 Å². The Kier molecular flexibility index (Phi) is 4.30. The molecule has 98 valence electrons. The number of halogens is 1. The Morgan fingerprint density at radius 2 is 1.95 bits per heavy atom. The summed E-state index contributed by atoms with van der Waals surface area (Å²) in [6, 6.07) is 7.17. The van der Waals surface area contributed by atoms with Gasteiger partial charge in [0.1, 0.15) is 11.6 Å². The Labute approximate surface area is 114 Å². The minimum absolute atomic E-state index is 0.0655. The lowest BCUT2D eigenvalue weighted by Crippen LogP contribution is -2.07. The monoisotopic (exact) mass is 278 g/mol. The highest BCUT2D eigenvalue weighted by molar-refractivity contribution is 6.32. The summed E-state index contributed by atoms with van der Waals surface area (Å²) in [6.07, 6.45) is 3.03. The topological polar surface area (TPSA) is 72.3 Å². The van der Waals surface area contributed by atoms with Gasteiger partial charge in [-0.15, -0.1) is 0 Å². The van der Waals surface area contributed by atoms with Crippen LogP contribution in [-0.4, -0.2) is 27.7 Å². The van der Waals surface area contributed by atoms with Gasteiger partial charge in [-0.2, -0.15) is 0 Å². The maximum atomic E-state index is 10.6. The molecule has 6 heteroatoms. The number of hydrogen-bond donors (Lipinski definition) is 1. The van der Waals surface area contributed by atoms with Crippen LogP contribution >= 0.6 is 11.6 Å². The van der Waals surface area contributed by atoms with Crippen molar-refractivity contribution in [2.45, 2.75) is 6.42 Å². The molecule has 0 unspecified atom stereocenters. The van der Waals surface area contributed by atoms with Crippen LogP contribution in [0.5, 0.6) is 5.75 Å². The van der Waals surface area contributed by atoms with Gasteiger partial charge in [0.15, 0.2) is 0 Å². The number of carbonyl (C=O) groups is 1. The summed E-state index contributed by atoms with van der Waals surface area (Å²) in [5.74, 6) is 0.0854. The minimum Gasteiger partial charge on any atom is -0.492 e. The number of hydrogen-bond acceptors (Lipinski definition) is 4. The third kappa shape index (κ3) is 3.66. The van der Waals surface area contributed by atoms with Gasteiger partial charge in [-0.25, -0.2) is 14.8 Å². The maximum Gasteiger partial charge on any atom is 0.338 e. The molecule has 0 aliphatic rings. The number of aromatic carboxylic acids is 1. The first-order valence-corrected chi connectivity index (χ1v) is 5.96. The van der Waals surface area contributed by atoms with E-state index in [4.69, 9.17) is 21.4 Å². The molecule has 2 rings (SSSR count). The lowest BCUT2D eigenvalue weighted by Gasteiger charge is -2.06. The highest BCUT2D eigenvalue weighted by atomic mass is 35.5. The van der Waals surface area contributed by atoms with E-state index in [2.05, 4.69) is 9.97 Å². The van der Waals surface area contributed by atoms with Crippen molar-refractivity contribution in [2.24, 2.45) is 0 Å².